The lowest BCUT2D eigenvalue weighted by Gasteiger charge is -2.36. The monoisotopic (exact) mass is 360 g/mol. The molecular formula is C16H28N2O7. The highest BCUT2D eigenvalue weighted by Crippen LogP contribution is 2.37. The quantitative estimate of drug-likeness (QED) is 0.379. The lowest BCUT2D eigenvalue weighted by Crippen LogP contribution is -2.42. The fourth-order valence-electron chi connectivity index (χ4n) is 2.54. The van der Waals surface area contributed by atoms with Gasteiger partial charge in [0.25, 0.3) is 0 Å². The number of hydrogen-bond donors (Lipinski definition) is 3. The average Bonchev–Trinajstić information content (AvgIpc) is 2.86. The molecule has 2 rings (SSSR count). The van der Waals surface area contributed by atoms with Crippen molar-refractivity contribution in [3.8, 4) is 0 Å². The summed E-state index contributed by atoms with van der Waals surface area (Å²) in [6, 6.07) is 0. The molecule has 2 fully saturated rings. The molecule has 0 aromatic heterocycles. The largest absolute Gasteiger partial charge is 0.478 e. The molecular weight excluding hydrogens is 332 g/mol. The van der Waals surface area contributed by atoms with Crippen LogP contribution in [0.2, 0.25) is 0 Å². The number of likely N-dealkylation sites (tertiary alicyclic amines) is 1. The number of piperidine rings is 1. The minimum Gasteiger partial charge on any atom is -0.478 e. The lowest BCUT2D eigenvalue weighted by atomic mass is 9.88. The first-order valence-corrected chi connectivity index (χ1v) is 7.81. The van der Waals surface area contributed by atoms with Crippen molar-refractivity contribution in [2.24, 2.45) is 5.16 Å². The normalized spacial score (nSPS) is 23.7. The highest BCUT2D eigenvalue weighted by atomic mass is 16.5. The van der Waals surface area contributed by atoms with Crippen molar-refractivity contribution in [1.29, 1.82) is 0 Å². The molecule has 2 aliphatic rings. The molecule has 2 saturated heterocycles. The van der Waals surface area contributed by atoms with Crippen molar-refractivity contribution >= 4 is 17.7 Å². The Morgan fingerprint density at radius 3 is 2.00 bits per heavy atom. The van der Waals surface area contributed by atoms with Crippen molar-refractivity contribution in [2.75, 3.05) is 34.4 Å². The van der Waals surface area contributed by atoms with Gasteiger partial charge in [-0.1, -0.05) is 5.16 Å². The number of carbonyl (C=O) groups is 2. The zero-order valence-corrected chi connectivity index (χ0v) is 15.1. The van der Waals surface area contributed by atoms with Gasteiger partial charge in [-0.05, 0) is 26.8 Å². The van der Waals surface area contributed by atoms with Crippen molar-refractivity contribution < 1.29 is 34.5 Å². The van der Waals surface area contributed by atoms with Crippen LogP contribution in [-0.4, -0.2) is 84.0 Å². The molecule has 1 spiro atoms. The van der Waals surface area contributed by atoms with Crippen LogP contribution in [0.5, 0.6) is 0 Å². The zero-order chi connectivity index (χ0) is 19.5. The van der Waals surface area contributed by atoms with Gasteiger partial charge in [-0.2, -0.15) is 0 Å². The van der Waals surface area contributed by atoms with Crippen LogP contribution in [0.15, 0.2) is 17.3 Å². The Morgan fingerprint density at radius 2 is 1.68 bits per heavy atom. The predicted molar refractivity (Wildman–Crippen MR) is 91.2 cm³/mol. The van der Waals surface area contributed by atoms with Gasteiger partial charge < -0.3 is 29.8 Å². The molecule has 0 aromatic rings. The number of hydrogen-bond acceptors (Lipinski definition) is 7. The van der Waals surface area contributed by atoms with E-state index < -0.39 is 11.9 Å². The standard InChI is InChI=1S/C10H18N2O2.C4H4O4.C2H6O/c1-8-9(11-13)7-10(14-8)3-5-12(2)6-4-10;5-3(6)1-2-4(7)8;1-3-2/h8,13H,3-7H2,1-2H3;1-2H,(H,5,6)(H,7,8);1-2H3. The van der Waals surface area contributed by atoms with E-state index in [2.05, 4.69) is 21.8 Å². The average molecular weight is 360 g/mol. The molecule has 9 nitrogen and oxygen atoms in total. The van der Waals surface area contributed by atoms with E-state index in [1.807, 2.05) is 6.92 Å². The summed E-state index contributed by atoms with van der Waals surface area (Å²) in [6.45, 7) is 4.11. The summed E-state index contributed by atoms with van der Waals surface area (Å²) in [5.74, 6) is -2.51. The number of aliphatic carboxylic acids is 2. The number of carboxylic acid groups (broad SMARTS) is 2. The van der Waals surface area contributed by atoms with Gasteiger partial charge in [-0.25, -0.2) is 9.59 Å². The molecule has 0 aromatic carbocycles. The van der Waals surface area contributed by atoms with Gasteiger partial charge >= 0.3 is 11.9 Å². The second kappa shape index (κ2) is 11.6. The number of ether oxygens (including phenoxy) is 2. The van der Waals surface area contributed by atoms with Crippen LogP contribution in [0.1, 0.15) is 26.2 Å². The van der Waals surface area contributed by atoms with Crippen molar-refractivity contribution in [1.82, 2.24) is 4.90 Å². The fourth-order valence-corrected chi connectivity index (χ4v) is 2.54. The third-order valence-corrected chi connectivity index (χ3v) is 3.79. The first kappa shape index (κ1) is 23.0. The molecule has 3 N–H and O–H groups in total. The van der Waals surface area contributed by atoms with E-state index in [1.165, 1.54) is 0 Å². The van der Waals surface area contributed by atoms with Crippen LogP contribution >= 0.6 is 0 Å². The molecule has 0 aliphatic carbocycles. The Hall–Kier alpha value is -1.97. The van der Waals surface area contributed by atoms with Gasteiger partial charge in [-0.3, -0.25) is 0 Å². The van der Waals surface area contributed by atoms with Crippen LogP contribution in [0.25, 0.3) is 0 Å². The minimum absolute atomic E-state index is 0.0107. The van der Waals surface area contributed by atoms with Crippen molar-refractivity contribution in [2.45, 2.75) is 37.9 Å². The second-order valence-corrected chi connectivity index (χ2v) is 5.93. The molecule has 2 aliphatic heterocycles. The van der Waals surface area contributed by atoms with Crippen LogP contribution < -0.4 is 0 Å². The molecule has 1 atom stereocenters. The van der Waals surface area contributed by atoms with E-state index in [0.717, 1.165) is 38.1 Å². The maximum atomic E-state index is 9.55. The summed E-state index contributed by atoms with van der Waals surface area (Å²) >= 11 is 0. The predicted octanol–water partition coefficient (Wildman–Crippen LogP) is 1.06. The molecule has 9 heteroatoms. The van der Waals surface area contributed by atoms with Crippen LogP contribution in [0.3, 0.4) is 0 Å². The summed E-state index contributed by atoms with van der Waals surface area (Å²) in [6.07, 6.45) is 4.01. The number of nitrogens with zero attached hydrogens (tertiary/aromatic N) is 2. The number of oxime groups is 1. The van der Waals surface area contributed by atoms with E-state index in [4.69, 9.17) is 20.2 Å². The smallest absolute Gasteiger partial charge is 0.328 e. The Bertz CT molecular complexity index is 467. The molecule has 0 bridgehead atoms. The summed E-state index contributed by atoms with van der Waals surface area (Å²) in [7, 11) is 5.38. The van der Waals surface area contributed by atoms with Crippen LogP contribution in [0, 0.1) is 0 Å². The van der Waals surface area contributed by atoms with Gasteiger partial charge in [-0.15, -0.1) is 0 Å². The van der Waals surface area contributed by atoms with Crippen molar-refractivity contribution in [3.63, 3.8) is 0 Å². The van der Waals surface area contributed by atoms with E-state index in [-0.39, 0.29) is 11.7 Å². The lowest BCUT2D eigenvalue weighted by molar-refractivity contribution is -0.134. The Morgan fingerprint density at radius 1 is 1.24 bits per heavy atom. The third kappa shape index (κ3) is 9.18. The summed E-state index contributed by atoms with van der Waals surface area (Å²) in [5, 5.41) is 27.7. The first-order chi connectivity index (χ1) is 11.7. The molecule has 0 amide bonds. The van der Waals surface area contributed by atoms with Crippen molar-refractivity contribution in [3.05, 3.63) is 12.2 Å². The van der Waals surface area contributed by atoms with Crippen LogP contribution in [0.4, 0.5) is 0 Å². The van der Waals surface area contributed by atoms with Gasteiger partial charge in [0.1, 0.15) is 0 Å². The second-order valence-electron chi connectivity index (χ2n) is 5.93. The minimum atomic E-state index is -1.26. The highest BCUT2D eigenvalue weighted by Gasteiger charge is 2.44. The maximum Gasteiger partial charge on any atom is 0.328 e. The topological polar surface area (TPSA) is 129 Å². The number of methoxy groups -OCH3 is 1. The Kier molecular flexibility index (Phi) is 10.7. The van der Waals surface area contributed by atoms with Gasteiger partial charge in [0.2, 0.25) is 0 Å². The summed E-state index contributed by atoms with van der Waals surface area (Å²) in [4.78, 5) is 21.4. The first-order valence-electron chi connectivity index (χ1n) is 7.81. The highest BCUT2D eigenvalue weighted by molar-refractivity contribution is 5.90. The van der Waals surface area contributed by atoms with E-state index in [0.29, 0.717) is 12.2 Å². The van der Waals surface area contributed by atoms with Crippen LogP contribution in [-0.2, 0) is 19.1 Å². The number of carboxylic acids is 2. The number of rotatable bonds is 2. The Balaban J connectivity index is 0.000000448. The molecule has 2 heterocycles. The molecule has 25 heavy (non-hydrogen) atoms. The zero-order valence-electron chi connectivity index (χ0n) is 15.1. The molecule has 1 unspecified atom stereocenters. The molecule has 0 saturated carbocycles. The third-order valence-electron chi connectivity index (χ3n) is 3.79. The SMILES string of the molecule is CC1OC2(CCN(C)CC2)CC1=NO.COC.O=C(O)C=CC(=O)O. The van der Waals surface area contributed by atoms with Gasteiger partial charge in [0, 0.05) is 45.9 Å². The fraction of sp³-hybridized carbons (Fsp3) is 0.688. The van der Waals surface area contributed by atoms with E-state index in [9.17, 15) is 9.59 Å². The Labute approximate surface area is 147 Å². The summed E-state index contributed by atoms with van der Waals surface area (Å²) < 4.78 is 10.2. The van der Waals surface area contributed by atoms with Gasteiger partial charge in [0.15, 0.2) is 0 Å². The summed E-state index contributed by atoms with van der Waals surface area (Å²) in [5.41, 5.74) is 0.766. The van der Waals surface area contributed by atoms with E-state index >= 15 is 0 Å². The molecule has 0 radical (unpaired) electrons. The maximum absolute atomic E-state index is 9.55. The van der Waals surface area contributed by atoms with E-state index in [1.54, 1.807) is 14.2 Å². The molecule has 144 valence electrons. The van der Waals surface area contributed by atoms with Gasteiger partial charge in [0.05, 0.1) is 17.4 Å².